The molecule has 7 nitrogen and oxygen atoms in total. The van der Waals surface area contributed by atoms with E-state index in [1.165, 1.54) is 0 Å². The van der Waals surface area contributed by atoms with Crippen molar-refractivity contribution in [2.45, 2.75) is 13.0 Å². The van der Waals surface area contributed by atoms with Gasteiger partial charge in [0.1, 0.15) is 5.75 Å². The molecule has 150 valence electrons. The lowest BCUT2D eigenvalue weighted by Gasteiger charge is -2.13. The predicted molar refractivity (Wildman–Crippen MR) is 110 cm³/mol. The first kappa shape index (κ1) is 21.1. The molecule has 0 aromatic heterocycles. The Morgan fingerprint density at radius 1 is 0.893 bits per heavy atom. The Balaban J connectivity index is 2.34. The highest BCUT2D eigenvalue weighted by Crippen LogP contribution is 2.38. The van der Waals surface area contributed by atoms with Gasteiger partial charge >= 0.3 is 0 Å². The third kappa shape index (κ3) is 4.95. The van der Waals surface area contributed by atoms with Crippen molar-refractivity contribution in [1.29, 1.82) is 0 Å². The maximum absolute atomic E-state index is 11.9. The van der Waals surface area contributed by atoms with Crippen LogP contribution in [-0.2, 0) is 4.79 Å². The van der Waals surface area contributed by atoms with E-state index in [-0.39, 0.29) is 5.91 Å². The second-order valence-electron chi connectivity index (χ2n) is 6.03. The van der Waals surface area contributed by atoms with Crippen LogP contribution in [0.2, 0.25) is 0 Å². The van der Waals surface area contributed by atoms with Crippen LogP contribution in [0.15, 0.2) is 30.3 Å². The van der Waals surface area contributed by atoms with Crippen LogP contribution >= 0.6 is 0 Å². The van der Waals surface area contributed by atoms with Crippen molar-refractivity contribution >= 4 is 23.7 Å². The fourth-order valence-corrected chi connectivity index (χ4v) is 2.56. The molecule has 0 bridgehead atoms. The number of ether oxygens (including phenoxy) is 4. The lowest BCUT2D eigenvalue weighted by molar-refractivity contribution is -0.117. The van der Waals surface area contributed by atoms with E-state index in [1.54, 1.807) is 41.4 Å². The first-order valence-electron chi connectivity index (χ1n) is 8.66. The molecule has 3 N–H and O–H groups in total. The van der Waals surface area contributed by atoms with E-state index in [2.05, 4.69) is 5.32 Å². The van der Waals surface area contributed by atoms with Crippen molar-refractivity contribution in [3.05, 3.63) is 41.5 Å². The minimum Gasteiger partial charge on any atom is -0.495 e. The van der Waals surface area contributed by atoms with E-state index in [0.29, 0.717) is 28.7 Å². The molecular formula is C21H26N2O5. The number of anilines is 1. The normalized spacial score (nSPS) is 11.8. The van der Waals surface area contributed by atoms with E-state index in [9.17, 15) is 4.79 Å². The number of amides is 1. The van der Waals surface area contributed by atoms with Crippen molar-refractivity contribution in [2.24, 2.45) is 5.73 Å². The zero-order chi connectivity index (χ0) is 20.7. The highest BCUT2D eigenvalue weighted by Gasteiger charge is 2.13. The number of methoxy groups -OCH3 is 4. The van der Waals surface area contributed by atoms with Crippen molar-refractivity contribution < 1.29 is 23.7 Å². The second kappa shape index (κ2) is 9.66. The Bertz CT molecular complexity index is 837. The quantitative estimate of drug-likeness (QED) is 0.677. The van der Waals surface area contributed by atoms with Crippen LogP contribution in [0, 0.1) is 0 Å². The number of nitrogens with two attached hydrogens (primary N) is 1. The van der Waals surface area contributed by atoms with Gasteiger partial charge in [-0.05, 0) is 42.3 Å². The predicted octanol–water partition coefficient (Wildman–Crippen LogP) is 3.18. The molecule has 0 heterocycles. The molecule has 1 amide bonds. The van der Waals surface area contributed by atoms with Gasteiger partial charge in [-0.2, -0.15) is 0 Å². The maximum atomic E-state index is 11.9. The molecule has 0 saturated heterocycles. The average molecular weight is 386 g/mol. The molecule has 0 aliphatic heterocycles. The van der Waals surface area contributed by atoms with Gasteiger partial charge < -0.3 is 30.0 Å². The second-order valence-corrected chi connectivity index (χ2v) is 6.03. The molecule has 0 radical (unpaired) electrons. The fraction of sp³-hybridized carbons (Fsp3) is 0.286. The summed E-state index contributed by atoms with van der Waals surface area (Å²) >= 11 is 0. The molecule has 0 unspecified atom stereocenters. The minimum absolute atomic E-state index is 0.288. The van der Waals surface area contributed by atoms with Gasteiger partial charge in [0.05, 0.1) is 40.2 Å². The van der Waals surface area contributed by atoms with E-state index < -0.39 is 6.04 Å². The van der Waals surface area contributed by atoms with Crippen molar-refractivity contribution in [3.63, 3.8) is 0 Å². The molecule has 0 aliphatic rings. The summed E-state index contributed by atoms with van der Waals surface area (Å²) in [6, 6.07) is 8.55. The number of rotatable bonds is 8. The number of carbonyl (C=O) groups is 1. The monoisotopic (exact) mass is 386 g/mol. The van der Waals surface area contributed by atoms with Gasteiger partial charge in [-0.1, -0.05) is 18.2 Å². The summed E-state index contributed by atoms with van der Waals surface area (Å²) in [7, 11) is 6.25. The van der Waals surface area contributed by atoms with Crippen LogP contribution in [0.4, 0.5) is 5.69 Å². The lowest BCUT2D eigenvalue weighted by atomic mass is 10.1. The summed E-state index contributed by atoms with van der Waals surface area (Å²) in [5.74, 6) is 1.94. The van der Waals surface area contributed by atoms with Gasteiger partial charge in [0.25, 0.3) is 0 Å². The number of nitrogens with one attached hydrogen (secondary N) is 1. The van der Waals surface area contributed by atoms with E-state index in [1.807, 2.05) is 36.4 Å². The smallest absolute Gasteiger partial charge is 0.241 e. The molecular weight excluding hydrogens is 360 g/mol. The van der Waals surface area contributed by atoms with Crippen molar-refractivity contribution in [2.75, 3.05) is 33.8 Å². The Morgan fingerprint density at radius 3 is 1.96 bits per heavy atom. The minimum atomic E-state index is -0.622. The molecule has 28 heavy (non-hydrogen) atoms. The summed E-state index contributed by atoms with van der Waals surface area (Å²) in [4.78, 5) is 11.9. The standard InChI is InChI=1S/C21H26N2O5/c1-13(22)21(24)23-16-10-14(8-9-17(16)25-2)6-7-15-11-18(26-3)20(28-5)19(12-15)27-4/h6-13H,22H2,1-5H3,(H,23,24)/b7-6-/t13-/m0/s1. The van der Waals surface area contributed by atoms with Crippen LogP contribution in [0.5, 0.6) is 23.0 Å². The number of carbonyl (C=O) groups excluding carboxylic acids is 1. The Hall–Kier alpha value is -3.19. The third-order valence-electron chi connectivity index (χ3n) is 4.05. The van der Waals surface area contributed by atoms with Gasteiger partial charge in [0.2, 0.25) is 11.7 Å². The zero-order valence-corrected chi connectivity index (χ0v) is 16.7. The van der Waals surface area contributed by atoms with Gasteiger partial charge in [0.15, 0.2) is 11.5 Å². The Morgan fingerprint density at radius 2 is 1.46 bits per heavy atom. The molecule has 2 aromatic carbocycles. The molecule has 0 saturated carbocycles. The van der Waals surface area contributed by atoms with Gasteiger partial charge in [-0.25, -0.2) is 0 Å². The summed E-state index contributed by atoms with van der Waals surface area (Å²) < 4.78 is 21.4. The largest absolute Gasteiger partial charge is 0.495 e. The van der Waals surface area contributed by atoms with E-state index in [4.69, 9.17) is 24.7 Å². The molecule has 0 fully saturated rings. The van der Waals surface area contributed by atoms with Crippen LogP contribution in [-0.4, -0.2) is 40.4 Å². The molecule has 7 heteroatoms. The first-order valence-corrected chi connectivity index (χ1v) is 8.66. The summed E-state index contributed by atoms with van der Waals surface area (Å²) in [5, 5.41) is 2.77. The molecule has 2 aromatic rings. The highest BCUT2D eigenvalue weighted by atomic mass is 16.5. The number of benzene rings is 2. The topological polar surface area (TPSA) is 92.0 Å². The summed E-state index contributed by atoms with van der Waals surface area (Å²) in [6.07, 6.45) is 3.81. The Labute approximate surface area is 165 Å². The van der Waals surface area contributed by atoms with Crippen LogP contribution in [0.1, 0.15) is 18.1 Å². The fourth-order valence-electron chi connectivity index (χ4n) is 2.56. The Kier molecular flexibility index (Phi) is 7.28. The van der Waals surface area contributed by atoms with E-state index in [0.717, 1.165) is 11.1 Å². The van der Waals surface area contributed by atoms with Crippen LogP contribution < -0.4 is 30.0 Å². The first-order chi connectivity index (χ1) is 13.4. The molecule has 1 atom stereocenters. The zero-order valence-electron chi connectivity index (χ0n) is 16.7. The number of hydrogen-bond donors (Lipinski definition) is 2. The van der Waals surface area contributed by atoms with Gasteiger partial charge in [-0.15, -0.1) is 0 Å². The van der Waals surface area contributed by atoms with Crippen LogP contribution in [0.25, 0.3) is 12.2 Å². The van der Waals surface area contributed by atoms with Gasteiger partial charge in [-0.3, -0.25) is 4.79 Å². The maximum Gasteiger partial charge on any atom is 0.241 e. The lowest BCUT2D eigenvalue weighted by Crippen LogP contribution is -2.32. The van der Waals surface area contributed by atoms with E-state index >= 15 is 0 Å². The molecule has 0 spiro atoms. The summed E-state index contributed by atoms with van der Waals surface area (Å²) in [6.45, 7) is 1.62. The highest BCUT2D eigenvalue weighted by molar-refractivity contribution is 5.96. The summed E-state index contributed by atoms with van der Waals surface area (Å²) in [5.41, 5.74) is 7.92. The van der Waals surface area contributed by atoms with Crippen molar-refractivity contribution in [3.8, 4) is 23.0 Å². The SMILES string of the molecule is COc1ccc(/C=C\c2cc(OC)c(OC)c(OC)c2)cc1NC(=O)[C@H](C)N. The average Bonchev–Trinajstić information content (AvgIpc) is 2.71. The number of hydrogen-bond acceptors (Lipinski definition) is 6. The van der Waals surface area contributed by atoms with Crippen molar-refractivity contribution in [1.82, 2.24) is 0 Å². The molecule has 0 aliphatic carbocycles. The molecule has 2 rings (SSSR count). The van der Waals surface area contributed by atoms with Crippen LogP contribution in [0.3, 0.4) is 0 Å². The third-order valence-corrected chi connectivity index (χ3v) is 4.05. The van der Waals surface area contributed by atoms with Gasteiger partial charge in [0, 0.05) is 0 Å².